The van der Waals surface area contributed by atoms with Gasteiger partial charge < -0.3 is 10.5 Å². The zero-order valence-electron chi connectivity index (χ0n) is 10.3. The minimum Gasteiger partial charge on any atom is -0.439 e. The lowest BCUT2D eigenvalue weighted by atomic mass is 10.1. The van der Waals surface area contributed by atoms with Crippen molar-refractivity contribution < 1.29 is 4.74 Å². The molecule has 18 heavy (non-hydrogen) atoms. The molecule has 4 heteroatoms. The third-order valence-electron chi connectivity index (χ3n) is 2.52. The molecule has 1 aromatic heterocycles. The number of thiocarbonyl (C=S) groups is 1. The first-order valence-corrected chi connectivity index (χ1v) is 5.99. The molecule has 1 aromatic carbocycles. The van der Waals surface area contributed by atoms with Crippen LogP contribution in [0.3, 0.4) is 0 Å². The lowest BCUT2D eigenvalue weighted by Crippen LogP contribution is -2.11. The van der Waals surface area contributed by atoms with E-state index in [1.54, 1.807) is 12.1 Å². The van der Waals surface area contributed by atoms with E-state index >= 15 is 0 Å². The van der Waals surface area contributed by atoms with Crippen LogP contribution in [0.25, 0.3) is 0 Å². The van der Waals surface area contributed by atoms with Crippen LogP contribution in [0, 0.1) is 13.8 Å². The van der Waals surface area contributed by atoms with Gasteiger partial charge in [-0.3, -0.25) is 0 Å². The Balaban J connectivity index is 2.28. The van der Waals surface area contributed by atoms with Crippen molar-refractivity contribution in [1.82, 2.24) is 4.98 Å². The Kier molecular flexibility index (Phi) is 3.58. The minimum atomic E-state index is 0.265. The number of nitrogens with two attached hydrogens (primary N) is 1. The summed E-state index contributed by atoms with van der Waals surface area (Å²) in [7, 11) is 0. The smallest absolute Gasteiger partial charge is 0.219 e. The average Bonchev–Trinajstić information content (AvgIpc) is 2.33. The fourth-order valence-corrected chi connectivity index (χ4v) is 1.75. The molecule has 0 fully saturated rings. The highest BCUT2D eigenvalue weighted by Crippen LogP contribution is 2.24. The fourth-order valence-electron chi connectivity index (χ4n) is 1.64. The molecule has 0 bridgehead atoms. The summed E-state index contributed by atoms with van der Waals surface area (Å²) in [5, 5.41) is 0. The number of hydrogen-bond donors (Lipinski definition) is 1. The van der Waals surface area contributed by atoms with E-state index in [0.717, 1.165) is 11.3 Å². The van der Waals surface area contributed by atoms with Gasteiger partial charge in [-0.2, -0.15) is 0 Å². The predicted octanol–water partition coefficient (Wildman–Crippen LogP) is 3.12. The van der Waals surface area contributed by atoms with Gasteiger partial charge in [-0.1, -0.05) is 36.0 Å². The van der Waals surface area contributed by atoms with Crippen molar-refractivity contribution in [3.05, 3.63) is 53.2 Å². The van der Waals surface area contributed by atoms with Gasteiger partial charge in [0.1, 0.15) is 16.4 Å². The Morgan fingerprint density at radius 3 is 2.67 bits per heavy atom. The van der Waals surface area contributed by atoms with Crippen molar-refractivity contribution >= 4 is 17.2 Å². The number of pyridine rings is 1. The highest BCUT2D eigenvalue weighted by Gasteiger charge is 2.04. The maximum atomic E-state index is 5.73. The Bertz CT molecular complexity index is 596. The normalized spacial score (nSPS) is 10.1. The van der Waals surface area contributed by atoms with E-state index < -0.39 is 0 Å². The quantitative estimate of drug-likeness (QED) is 0.859. The Morgan fingerprint density at radius 2 is 2.00 bits per heavy atom. The topological polar surface area (TPSA) is 48.1 Å². The molecule has 2 N–H and O–H groups in total. The van der Waals surface area contributed by atoms with Crippen LogP contribution >= 0.6 is 12.2 Å². The summed E-state index contributed by atoms with van der Waals surface area (Å²) < 4.78 is 5.73. The van der Waals surface area contributed by atoms with Gasteiger partial charge in [-0.05, 0) is 31.5 Å². The van der Waals surface area contributed by atoms with Crippen molar-refractivity contribution in [2.45, 2.75) is 13.8 Å². The molecule has 3 nitrogen and oxygen atoms in total. The van der Waals surface area contributed by atoms with Crippen LogP contribution in [0.1, 0.15) is 16.8 Å². The molecule has 2 aromatic rings. The molecule has 0 unspecified atom stereocenters. The number of nitrogens with zero attached hydrogens (tertiary/aromatic N) is 1. The lowest BCUT2D eigenvalue weighted by molar-refractivity contribution is 0.459. The summed E-state index contributed by atoms with van der Waals surface area (Å²) >= 11 is 4.89. The molecular weight excluding hydrogens is 244 g/mol. The van der Waals surface area contributed by atoms with Crippen molar-refractivity contribution in [3.63, 3.8) is 0 Å². The van der Waals surface area contributed by atoms with Crippen LogP contribution in [0.5, 0.6) is 11.6 Å². The monoisotopic (exact) mass is 258 g/mol. The second-order valence-corrected chi connectivity index (χ2v) is 4.54. The lowest BCUT2D eigenvalue weighted by Gasteiger charge is -2.09. The minimum absolute atomic E-state index is 0.265. The van der Waals surface area contributed by atoms with Crippen LogP contribution in [0.15, 0.2) is 36.4 Å². The highest BCUT2D eigenvalue weighted by molar-refractivity contribution is 7.80. The Morgan fingerprint density at radius 1 is 1.22 bits per heavy atom. The molecule has 0 spiro atoms. The molecule has 92 valence electrons. The number of hydrogen-bond acceptors (Lipinski definition) is 3. The Hall–Kier alpha value is -1.94. The third kappa shape index (κ3) is 2.84. The number of benzene rings is 1. The first kappa shape index (κ1) is 12.5. The predicted molar refractivity (Wildman–Crippen MR) is 76.1 cm³/mol. The summed E-state index contributed by atoms with van der Waals surface area (Å²) in [4.78, 5) is 4.51. The maximum Gasteiger partial charge on any atom is 0.219 e. The largest absolute Gasteiger partial charge is 0.439 e. The van der Waals surface area contributed by atoms with Crippen molar-refractivity contribution in [1.29, 1.82) is 0 Å². The first-order chi connectivity index (χ1) is 8.56. The van der Waals surface area contributed by atoms with Crippen molar-refractivity contribution in [2.75, 3.05) is 0 Å². The van der Waals surface area contributed by atoms with Crippen LogP contribution in [0.4, 0.5) is 0 Å². The van der Waals surface area contributed by atoms with Gasteiger partial charge in [0, 0.05) is 6.07 Å². The summed E-state index contributed by atoms with van der Waals surface area (Å²) in [6.45, 7) is 4.04. The van der Waals surface area contributed by atoms with Crippen molar-refractivity contribution in [3.8, 4) is 11.6 Å². The summed E-state index contributed by atoms with van der Waals surface area (Å²) in [5.41, 5.74) is 8.37. The van der Waals surface area contributed by atoms with Gasteiger partial charge >= 0.3 is 0 Å². The van der Waals surface area contributed by atoms with E-state index in [1.807, 2.05) is 32.0 Å². The van der Waals surface area contributed by atoms with E-state index in [2.05, 4.69) is 11.1 Å². The molecule has 0 aliphatic heterocycles. The van der Waals surface area contributed by atoms with Crippen LogP contribution in [0.2, 0.25) is 0 Å². The molecule has 0 saturated carbocycles. The van der Waals surface area contributed by atoms with Crippen LogP contribution < -0.4 is 10.5 Å². The van der Waals surface area contributed by atoms with Gasteiger partial charge in [-0.15, -0.1) is 0 Å². The third-order valence-corrected chi connectivity index (χ3v) is 2.73. The molecule has 1 heterocycles. The number of rotatable bonds is 3. The zero-order chi connectivity index (χ0) is 13.1. The standard InChI is InChI=1S/C14H14N2OS/c1-9-6-7-12(10(2)8-9)17-13-5-3-4-11(16-13)14(15)18/h3-8H,1-2H3,(H2,15,18). The van der Waals surface area contributed by atoms with Crippen molar-refractivity contribution in [2.24, 2.45) is 5.73 Å². The van der Waals surface area contributed by atoms with Gasteiger partial charge in [-0.25, -0.2) is 4.98 Å². The molecule has 0 saturated heterocycles. The molecule has 0 radical (unpaired) electrons. The average molecular weight is 258 g/mol. The van der Waals surface area contributed by atoms with E-state index in [0.29, 0.717) is 11.6 Å². The zero-order valence-corrected chi connectivity index (χ0v) is 11.1. The van der Waals surface area contributed by atoms with Crippen LogP contribution in [-0.4, -0.2) is 9.97 Å². The number of aromatic nitrogens is 1. The summed E-state index contributed by atoms with van der Waals surface area (Å²) in [5.74, 6) is 1.28. The number of ether oxygens (including phenoxy) is 1. The summed E-state index contributed by atoms with van der Waals surface area (Å²) in [6, 6.07) is 11.4. The molecule has 0 aliphatic rings. The SMILES string of the molecule is Cc1ccc(Oc2cccc(C(N)=S)n2)c(C)c1. The van der Waals surface area contributed by atoms with Crippen LogP contribution in [-0.2, 0) is 0 Å². The fraction of sp³-hybridized carbons (Fsp3) is 0.143. The molecule has 0 amide bonds. The Labute approximate surface area is 112 Å². The van der Waals surface area contributed by atoms with E-state index in [4.69, 9.17) is 22.7 Å². The van der Waals surface area contributed by atoms with Gasteiger partial charge in [0.25, 0.3) is 0 Å². The van der Waals surface area contributed by atoms with E-state index in [9.17, 15) is 0 Å². The number of aryl methyl sites for hydroxylation is 2. The van der Waals surface area contributed by atoms with Gasteiger partial charge in [0.15, 0.2) is 0 Å². The van der Waals surface area contributed by atoms with E-state index in [-0.39, 0.29) is 4.99 Å². The van der Waals surface area contributed by atoms with Gasteiger partial charge in [0.2, 0.25) is 5.88 Å². The van der Waals surface area contributed by atoms with Gasteiger partial charge in [0.05, 0.1) is 0 Å². The molecule has 2 rings (SSSR count). The second kappa shape index (κ2) is 5.14. The summed E-state index contributed by atoms with van der Waals surface area (Å²) in [6.07, 6.45) is 0. The second-order valence-electron chi connectivity index (χ2n) is 4.10. The highest BCUT2D eigenvalue weighted by atomic mass is 32.1. The molecule has 0 atom stereocenters. The maximum absolute atomic E-state index is 5.73. The van der Waals surface area contributed by atoms with E-state index in [1.165, 1.54) is 5.56 Å². The molecular formula is C14H14N2OS. The molecule has 0 aliphatic carbocycles. The first-order valence-electron chi connectivity index (χ1n) is 5.58.